The van der Waals surface area contributed by atoms with Gasteiger partial charge in [0.2, 0.25) is 0 Å². The molecule has 0 aromatic carbocycles. The van der Waals surface area contributed by atoms with Crippen molar-refractivity contribution in [3.63, 3.8) is 0 Å². The van der Waals surface area contributed by atoms with Crippen molar-refractivity contribution >= 4 is 0 Å². The number of aliphatic hydroxyl groups excluding tert-OH is 1. The van der Waals surface area contributed by atoms with Crippen LogP contribution in [-0.4, -0.2) is 73.4 Å². The highest BCUT2D eigenvalue weighted by molar-refractivity contribution is 5.40. The summed E-state index contributed by atoms with van der Waals surface area (Å²) in [6.07, 6.45) is 5.49. The minimum Gasteiger partial charge on any atom is -0.506 e. The smallest absolute Gasteiger partial charge is 0.141 e. The van der Waals surface area contributed by atoms with Crippen LogP contribution in [0, 0.1) is 12.8 Å². The fraction of sp³-hybridized carbons (Fsp3) is 0.600. The van der Waals surface area contributed by atoms with Gasteiger partial charge < -0.3 is 19.5 Å². The van der Waals surface area contributed by atoms with Crippen LogP contribution < -0.4 is 0 Å². The minimum absolute atomic E-state index is 0.120. The van der Waals surface area contributed by atoms with E-state index in [1.54, 1.807) is 13.1 Å². The normalized spacial score (nSPS) is 23.7. The van der Waals surface area contributed by atoms with Gasteiger partial charge in [0.1, 0.15) is 11.6 Å². The number of aromatic hydroxyl groups is 1. The molecular formula is C20H29N5O3. The van der Waals surface area contributed by atoms with E-state index in [4.69, 9.17) is 4.74 Å². The number of pyridine rings is 1. The number of imidazole rings is 1. The Morgan fingerprint density at radius 3 is 2.79 bits per heavy atom. The Balaban J connectivity index is 1.54. The molecule has 2 aliphatic heterocycles. The van der Waals surface area contributed by atoms with Gasteiger partial charge in [-0.3, -0.25) is 14.8 Å². The number of nitrogens with zero attached hydrogens (tertiary/aromatic N) is 5. The van der Waals surface area contributed by atoms with Crippen LogP contribution in [0.4, 0.5) is 0 Å². The predicted octanol–water partition coefficient (Wildman–Crippen LogP) is 0.654. The van der Waals surface area contributed by atoms with Crippen molar-refractivity contribution in [1.29, 1.82) is 0 Å². The van der Waals surface area contributed by atoms with Gasteiger partial charge in [-0.1, -0.05) is 0 Å². The maximum atomic E-state index is 10.5. The van der Waals surface area contributed by atoms with Crippen molar-refractivity contribution < 1.29 is 14.9 Å². The Morgan fingerprint density at radius 2 is 2.04 bits per heavy atom. The molecule has 152 valence electrons. The third-order valence-corrected chi connectivity index (χ3v) is 5.91. The Hall–Kier alpha value is -2.00. The molecular weight excluding hydrogens is 358 g/mol. The first-order valence-corrected chi connectivity index (χ1v) is 9.82. The second kappa shape index (κ2) is 8.16. The van der Waals surface area contributed by atoms with E-state index in [-0.39, 0.29) is 18.4 Å². The fourth-order valence-electron chi connectivity index (χ4n) is 4.30. The summed E-state index contributed by atoms with van der Waals surface area (Å²) >= 11 is 0. The average molecular weight is 387 g/mol. The lowest BCUT2D eigenvalue weighted by atomic mass is 10.1. The zero-order valence-electron chi connectivity index (χ0n) is 16.6. The molecule has 8 nitrogen and oxygen atoms in total. The summed E-state index contributed by atoms with van der Waals surface area (Å²) in [5.74, 6) is 1.65. The van der Waals surface area contributed by atoms with Gasteiger partial charge in [0.15, 0.2) is 0 Å². The van der Waals surface area contributed by atoms with E-state index in [0.717, 1.165) is 44.2 Å². The second-order valence-electron chi connectivity index (χ2n) is 7.99. The zero-order chi connectivity index (χ0) is 19.7. The number of aryl methyl sites for hydroxylation is 2. The molecule has 0 aliphatic carbocycles. The number of hydrogen-bond acceptors (Lipinski definition) is 7. The van der Waals surface area contributed by atoms with Crippen LogP contribution in [0.25, 0.3) is 0 Å². The number of ether oxygens (including phenoxy) is 1. The molecule has 0 unspecified atom stereocenters. The van der Waals surface area contributed by atoms with Crippen molar-refractivity contribution in [2.75, 3.05) is 32.8 Å². The number of hydrogen-bond donors (Lipinski definition) is 2. The quantitative estimate of drug-likeness (QED) is 0.779. The molecule has 28 heavy (non-hydrogen) atoms. The first-order chi connectivity index (χ1) is 13.5. The monoisotopic (exact) mass is 387 g/mol. The molecule has 2 fully saturated rings. The Morgan fingerprint density at radius 1 is 1.18 bits per heavy atom. The molecule has 4 heterocycles. The van der Waals surface area contributed by atoms with Crippen molar-refractivity contribution in [1.82, 2.24) is 24.3 Å². The summed E-state index contributed by atoms with van der Waals surface area (Å²) in [5, 5.41) is 20.2. The Kier molecular flexibility index (Phi) is 5.63. The van der Waals surface area contributed by atoms with Crippen molar-refractivity contribution in [2.45, 2.75) is 32.7 Å². The van der Waals surface area contributed by atoms with Gasteiger partial charge in [-0.15, -0.1) is 0 Å². The summed E-state index contributed by atoms with van der Waals surface area (Å²) in [6, 6.07) is 0.270. The van der Waals surface area contributed by atoms with E-state index < -0.39 is 0 Å². The molecule has 2 bridgehead atoms. The molecule has 0 spiro atoms. The first-order valence-electron chi connectivity index (χ1n) is 9.82. The van der Waals surface area contributed by atoms with E-state index in [0.29, 0.717) is 30.3 Å². The summed E-state index contributed by atoms with van der Waals surface area (Å²) in [7, 11) is 2.03. The standard InChI is InChI=1S/C20H29N5O3/c1-14-20(27)18(16(11-26)5-22-14)9-24-6-15-7-25(17(8-24)13-28-12-15)10-19-21-3-4-23(19)2/h3-5,15,17,26-27H,6-13H2,1-2H3/t15-,17-/m0/s1. The van der Waals surface area contributed by atoms with E-state index >= 15 is 0 Å². The number of aliphatic hydroxyl groups is 1. The van der Waals surface area contributed by atoms with E-state index in [1.807, 2.05) is 19.4 Å². The first kappa shape index (κ1) is 19.3. The molecule has 0 radical (unpaired) electrons. The van der Waals surface area contributed by atoms with Gasteiger partial charge in [-0.05, 0) is 6.92 Å². The van der Waals surface area contributed by atoms with E-state index in [1.165, 1.54) is 0 Å². The lowest BCUT2D eigenvalue weighted by molar-refractivity contribution is 0.0461. The van der Waals surface area contributed by atoms with Crippen LogP contribution in [0.1, 0.15) is 22.6 Å². The van der Waals surface area contributed by atoms with Crippen LogP contribution in [0.15, 0.2) is 18.6 Å². The second-order valence-corrected chi connectivity index (χ2v) is 7.99. The molecule has 0 amide bonds. The van der Waals surface area contributed by atoms with Crippen LogP contribution in [-0.2, 0) is 31.5 Å². The van der Waals surface area contributed by atoms with Crippen LogP contribution in [0.2, 0.25) is 0 Å². The molecule has 8 heteroatoms. The highest BCUT2D eigenvalue weighted by Gasteiger charge is 2.34. The summed E-state index contributed by atoms with van der Waals surface area (Å²) in [6.45, 7) is 7.26. The van der Waals surface area contributed by atoms with Gasteiger partial charge >= 0.3 is 0 Å². The van der Waals surface area contributed by atoms with Gasteiger partial charge in [0, 0.05) is 74.9 Å². The highest BCUT2D eigenvalue weighted by atomic mass is 16.5. The Bertz CT molecular complexity index is 824. The van der Waals surface area contributed by atoms with Gasteiger partial charge in [-0.25, -0.2) is 4.98 Å². The van der Waals surface area contributed by atoms with Crippen molar-refractivity contribution in [3.05, 3.63) is 41.2 Å². The molecule has 2 saturated heterocycles. The number of rotatable bonds is 5. The maximum absolute atomic E-state index is 10.5. The molecule has 4 rings (SSSR count). The lowest BCUT2D eigenvalue weighted by Gasteiger charge is -2.31. The average Bonchev–Trinajstić information content (AvgIpc) is 2.87. The van der Waals surface area contributed by atoms with Crippen molar-refractivity contribution in [3.8, 4) is 5.75 Å². The third-order valence-electron chi connectivity index (χ3n) is 5.91. The molecule has 2 N–H and O–H groups in total. The molecule has 2 aliphatic rings. The summed E-state index contributed by atoms with van der Waals surface area (Å²) < 4.78 is 8.00. The molecule has 0 saturated carbocycles. The molecule has 2 atom stereocenters. The third kappa shape index (κ3) is 3.91. The van der Waals surface area contributed by atoms with Crippen LogP contribution in [0.3, 0.4) is 0 Å². The van der Waals surface area contributed by atoms with Crippen molar-refractivity contribution in [2.24, 2.45) is 13.0 Å². The van der Waals surface area contributed by atoms with Crippen LogP contribution >= 0.6 is 0 Å². The Labute approximate surface area is 165 Å². The van der Waals surface area contributed by atoms with E-state index in [2.05, 4.69) is 24.3 Å². The summed E-state index contributed by atoms with van der Waals surface area (Å²) in [4.78, 5) is 13.5. The topological polar surface area (TPSA) is 86.9 Å². The number of aromatic nitrogens is 3. The van der Waals surface area contributed by atoms with Gasteiger partial charge in [0.05, 0.1) is 32.1 Å². The van der Waals surface area contributed by atoms with Gasteiger partial charge in [0.25, 0.3) is 0 Å². The predicted molar refractivity (Wildman–Crippen MR) is 104 cm³/mol. The highest BCUT2D eigenvalue weighted by Crippen LogP contribution is 2.28. The van der Waals surface area contributed by atoms with Crippen LogP contribution in [0.5, 0.6) is 5.75 Å². The zero-order valence-corrected chi connectivity index (χ0v) is 16.6. The molecule has 2 aromatic rings. The van der Waals surface area contributed by atoms with E-state index in [9.17, 15) is 10.2 Å². The fourth-order valence-corrected chi connectivity index (χ4v) is 4.30. The molecule has 2 aromatic heterocycles. The largest absolute Gasteiger partial charge is 0.506 e. The number of fused-ring (bicyclic) bond motifs is 3. The van der Waals surface area contributed by atoms with Gasteiger partial charge in [-0.2, -0.15) is 0 Å². The maximum Gasteiger partial charge on any atom is 0.141 e. The SMILES string of the molecule is Cc1ncc(CO)c(CN2C[C@@H]3COC[C@H](C2)N(Cc2nccn2C)C3)c1O. The minimum atomic E-state index is -0.120. The summed E-state index contributed by atoms with van der Waals surface area (Å²) in [5.41, 5.74) is 2.08. The lowest BCUT2D eigenvalue weighted by Crippen LogP contribution is -2.43.